The largest absolute Gasteiger partial charge is 0.406 e. The van der Waals surface area contributed by atoms with Crippen LogP contribution in [0.2, 0.25) is 0 Å². The lowest BCUT2D eigenvalue weighted by Gasteiger charge is -2.35. The molecule has 0 spiro atoms. The molecule has 0 bridgehead atoms. The van der Waals surface area contributed by atoms with Gasteiger partial charge in [0.2, 0.25) is 0 Å². The van der Waals surface area contributed by atoms with Gasteiger partial charge in [-0.1, -0.05) is 0 Å². The third-order valence-electron chi connectivity index (χ3n) is 2.35. The van der Waals surface area contributed by atoms with Gasteiger partial charge in [0, 0.05) is 26.2 Å². The molecule has 0 atom stereocenters. The van der Waals surface area contributed by atoms with E-state index >= 15 is 0 Å². The summed E-state index contributed by atoms with van der Waals surface area (Å²) < 4.78 is 36.4. The minimum Gasteiger partial charge on any atom is -0.396 e. The van der Waals surface area contributed by atoms with Crippen molar-refractivity contribution < 1.29 is 23.1 Å². The molecule has 7 heteroatoms. The molecular weight excluding hydrogens is 225 g/mol. The number of rotatable bonds is 4. The molecule has 1 fully saturated rings. The average Bonchev–Trinajstić information content (AvgIpc) is 2.17. The van der Waals surface area contributed by atoms with Crippen LogP contribution in [0.25, 0.3) is 0 Å². The number of hydrogen-bond acceptors (Lipinski definition) is 2. The minimum absolute atomic E-state index is 0.0664. The Morgan fingerprint density at radius 2 is 1.88 bits per heavy atom. The molecule has 1 aliphatic rings. The number of halogens is 3. The Labute approximate surface area is 91.6 Å². The topological polar surface area (TPSA) is 43.8 Å². The van der Waals surface area contributed by atoms with E-state index in [-0.39, 0.29) is 13.2 Å². The second-order valence-electron chi connectivity index (χ2n) is 3.74. The van der Waals surface area contributed by atoms with Gasteiger partial charge >= 0.3 is 12.2 Å². The molecule has 0 aromatic carbocycles. The van der Waals surface area contributed by atoms with Crippen molar-refractivity contribution in [3.05, 3.63) is 0 Å². The summed E-state index contributed by atoms with van der Waals surface area (Å²) in [5.41, 5.74) is 0. The fourth-order valence-electron chi connectivity index (χ4n) is 1.68. The van der Waals surface area contributed by atoms with Gasteiger partial charge in [0.15, 0.2) is 0 Å². The van der Waals surface area contributed by atoms with Gasteiger partial charge in [-0.3, -0.25) is 0 Å². The highest BCUT2D eigenvalue weighted by atomic mass is 19.4. The van der Waals surface area contributed by atoms with E-state index in [0.717, 1.165) is 4.90 Å². The predicted octanol–water partition coefficient (Wildman–Crippen LogP) is 1.06. The number of nitrogens with zero attached hydrogens (tertiary/aromatic N) is 2. The molecule has 1 N–H and O–H groups in total. The number of amides is 2. The van der Waals surface area contributed by atoms with Crippen LogP contribution in [0.3, 0.4) is 0 Å². The van der Waals surface area contributed by atoms with Gasteiger partial charge in [-0.15, -0.1) is 0 Å². The van der Waals surface area contributed by atoms with Crippen molar-refractivity contribution in [1.82, 2.24) is 9.80 Å². The Bertz CT molecular complexity index is 245. The number of aliphatic hydroxyl groups excluding tert-OH is 1. The quantitative estimate of drug-likeness (QED) is 0.798. The first-order chi connectivity index (χ1) is 7.44. The van der Waals surface area contributed by atoms with E-state index < -0.39 is 18.8 Å². The second kappa shape index (κ2) is 5.38. The van der Waals surface area contributed by atoms with Crippen molar-refractivity contribution in [1.29, 1.82) is 0 Å². The molecule has 0 radical (unpaired) electrons. The molecule has 1 heterocycles. The van der Waals surface area contributed by atoms with Crippen molar-refractivity contribution in [3.63, 3.8) is 0 Å². The first-order valence-electron chi connectivity index (χ1n) is 5.15. The number of carbonyl (C=O) groups excluding carboxylic acids is 1. The second-order valence-corrected chi connectivity index (χ2v) is 3.74. The van der Waals surface area contributed by atoms with Crippen LogP contribution < -0.4 is 0 Å². The van der Waals surface area contributed by atoms with E-state index in [9.17, 15) is 18.0 Å². The maximum atomic E-state index is 12.1. The van der Waals surface area contributed by atoms with E-state index in [1.165, 1.54) is 4.90 Å². The van der Waals surface area contributed by atoms with Crippen molar-refractivity contribution in [2.45, 2.75) is 19.0 Å². The summed E-state index contributed by atoms with van der Waals surface area (Å²) in [6.07, 6.45) is -3.42. The van der Waals surface area contributed by atoms with Crippen LogP contribution in [0, 0.1) is 0 Å². The van der Waals surface area contributed by atoms with E-state index in [4.69, 9.17) is 5.11 Å². The summed E-state index contributed by atoms with van der Waals surface area (Å²) in [6, 6.07) is -0.586. The summed E-state index contributed by atoms with van der Waals surface area (Å²) in [5, 5.41) is 8.60. The van der Waals surface area contributed by atoms with Crippen LogP contribution in [0.5, 0.6) is 0 Å². The van der Waals surface area contributed by atoms with Crippen molar-refractivity contribution >= 4 is 6.03 Å². The lowest BCUT2D eigenvalue weighted by Crippen LogP contribution is -2.52. The van der Waals surface area contributed by atoms with Crippen LogP contribution in [0.4, 0.5) is 18.0 Å². The summed E-state index contributed by atoms with van der Waals surface area (Å²) >= 11 is 0. The third kappa shape index (κ3) is 3.88. The molecule has 4 nitrogen and oxygen atoms in total. The molecule has 1 rings (SSSR count). The van der Waals surface area contributed by atoms with Gasteiger partial charge in [0.05, 0.1) is 0 Å². The summed E-state index contributed by atoms with van der Waals surface area (Å²) in [5.74, 6) is 0. The summed E-state index contributed by atoms with van der Waals surface area (Å²) in [7, 11) is 0. The van der Waals surface area contributed by atoms with Crippen LogP contribution in [0.15, 0.2) is 0 Å². The van der Waals surface area contributed by atoms with Gasteiger partial charge in [-0.2, -0.15) is 13.2 Å². The van der Waals surface area contributed by atoms with Gasteiger partial charge in [0.1, 0.15) is 6.54 Å². The zero-order valence-corrected chi connectivity index (χ0v) is 8.83. The van der Waals surface area contributed by atoms with Crippen LogP contribution in [0.1, 0.15) is 12.8 Å². The fraction of sp³-hybridized carbons (Fsp3) is 0.889. The fourth-order valence-corrected chi connectivity index (χ4v) is 1.68. The lowest BCUT2D eigenvalue weighted by molar-refractivity contribution is -0.142. The molecule has 2 amide bonds. The molecule has 94 valence electrons. The number of hydrogen-bond donors (Lipinski definition) is 1. The maximum absolute atomic E-state index is 12.1. The Balaban J connectivity index is 2.50. The molecule has 1 saturated heterocycles. The van der Waals surface area contributed by atoms with Crippen LogP contribution in [-0.4, -0.2) is 59.9 Å². The third-order valence-corrected chi connectivity index (χ3v) is 2.35. The van der Waals surface area contributed by atoms with E-state index in [0.29, 0.717) is 25.9 Å². The van der Waals surface area contributed by atoms with E-state index in [1.807, 2.05) is 0 Å². The highest BCUT2D eigenvalue weighted by Gasteiger charge is 2.35. The molecule has 1 aliphatic heterocycles. The first kappa shape index (κ1) is 13.1. The van der Waals surface area contributed by atoms with Crippen molar-refractivity contribution in [2.75, 3.05) is 32.8 Å². The Kier molecular flexibility index (Phi) is 4.40. The van der Waals surface area contributed by atoms with Gasteiger partial charge in [-0.05, 0) is 12.8 Å². The zero-order valence-electron chi connectivity index (χ0n) is 8.83. The highest BCUT2D eigenvalue weighted by molar-refractivity contribution is 5.75. The van der Waals surface area contributed by atoms with E-state index in [2.05, 4.69) is 0 Å². The smallest absolute Gasteiger partial charge is 0.396 e. The number of alkyl halides is 3. The molecule has 0 aromatic heterocycles. The Morgan fingerprint density at radius 1 is 1.25 bits per heavy atom. The van der Waals surface area contributed by atoms with Crippen LogP contribution >= 0.6 is 0 Å². The minimum atomic E-state index is -4.35. The van der Waals surface area contributed by atoms with Crippen molar-refractivity contribution in [3.8, 4) is 0 Å². The molecule has 0 saturated carbocycles. The standard InChI is InChI=1S/C9H15F3N2O2/c10-9(11,12)7-14-4-1-3-13(8(14)16)5-2-6-15/h15H,1-7H2. The summed E-state index contributed by atoms with van der Waals surface area (Å²) in [4.78, 5) is 13.7. The molecule has 16 heavy (non-hydrogen) atoms. The Morgan fingerprint density at radius 3 is 2.44 bits per heavy atom. The number of aliphatic hydroxyl groups is 1. The highest BCUT2D eigenvalue weighted by Crippen LogP contribution is 2.19. The van der Waals surface area contributed by atoms with Gasteiger partial charge < -0.3 is 14.9 Å². The average molecular weight is 240 g/mol. The number of urea groups is 1. The summed E-state index contributed by atoms with van der Waals surface area (Å²) in [6.45, 7) is -0.338. The molecular formula is C9H15F3N2O2. The van der Waals surface area contributed by atoms with Gasteiger partial charge in [-0.25, -0.2) is 4.79 Å². The maximum Gasteiger partial charge on any atom is 0.406 e. The number of carbonyl (C=O) groups is 1. The van der Waals surface area contributed by atoms with Crippen molar-refractivity contribution in [2.24, 2.45) is 0 Å². The lowest BCUT2D eigenvalue weighted by atomic mass is 10.2. The molecule has 0 aromatic rings. The predicted molar refractivity (Wildman–Crippen MR) is 50.9 cm³/mol. The monoisotopic (exact) mass is 240 g/mol. The van der Waals surface area contributed by atoms with Crippen LogP contribution in [-0.2, 0) is 0 Å². The molecule has 0 aliphatic carbocycles. The normalized spacial score (nSPS) is 18.1. The van der Waals surface area contributed by atoms with Gasteiger partial charge in [0.25, 0.3) is 0 Å². The first-order valence-corrected chi connectivity index (χ1v) is 5.15. The SMILES string of the molecule is O=C1N(CCCO)CCCN1CC(F)(F)F. The van der Waals surface area contributed by atoms with E-state index in [1.54, 1.807) is 0 Å². The Hall–Kier alpha value is -0.980. The zero-order chi connectivity index (χ0) is 12.2. The molecule has 0 unspecified atom stereocenters.